The van der Waals surface area contributed by atoms with Gasteiger partial charge in [-0.05, 0) is 61.5 Å². The molecule has 10 heteroatoms. The Kier molecular flexibility index (Phi) is 7.36. The molecule has 0 saturated heterocycles. The zero-order chi connectivity index (χ0) is 23.2. The van der Waals surface area contributed by atoms with Crippen molar-refractivity contribution < 1.29 is 13.9 Å². The topological polar surface area (TPSA) is 81.9 Å². The van der Waals surface area contributed by atoms with Gasteiger partial charge in [0.15, 0.2) is 11.0 Å². The number of pyridine rings is 1. The Balaban J connectivity index is 1.58. The number of nitrogens with zero attached hydrogens (tertiary/aromatic N) is 4. The quantitative estimate of drug-likeness (QED) is 0.310. The normalized spacial score (nSPS) is 10.8. The lowest BCUT2D eigenvalue weighted by Crippen LogP contribution is -2.15. The van der Waals surface area contributed by atoms with Crippen molar-refractivity contribution in [2.24, 2.45) is 0 Å². The molecule has 4 aromatic rings. The highest BCUT2D eigenvalue weighted by atomic mass is 79.9. The number of carbonyl (C=O) groups excluding carboxylic acids is 1. The second-order valence-corrected chi connectivity index (χ2v) is 8.62. The lowest BCUT2D eigenvalue weighted by Gasteiger charge is -2.12. The van der Waals surface area contributed by atoms with E-state index in [-0.39, 0.29) is 17.3 Å². The molecule has 33 heavy (non-hydrogen) atoms. The predicted molar refractivity (Wildman–Crippen MR) is 129 cm³/mol. The predicted octanol–water partition coefficient (Wildman–Crippen LogP) is 5.36. The van der Waals surface area contributed by atoms with Crippen LogP contribution in [-0.4, -0.2) is 38.0 Å². The van der Waals surface area contributed by atoms with Crippen LogP contribution in [0.15, 0.2) is 76.6 Å². The fourth-order valence-corrected chi connectivity index (χ4v) is 4.13. The van der Waals surface area contributed by atoms with E-state index < -0.39 is 5.82 Å². The maximum absolute atomic E-state index is 14.0. The Morgan fingerprint density at radius 3 is 2.58 bits per heavy atom. The molecule has 2 aromatic heterocycles. The van der Waals surface area contributed by atoms with Crippen LogP contribution in [0.4, 0.5) is 10.1 Å². The van der Waals surface area contributed by atoms with Crippen LogP contribution in [0.2, 0.25) is 0 Å². The molecule has 0 aliphatic heterocycles. The summed E-state index contributed by atoms with van der Waals surface area (Å²) in [7, 11) is 0. The number of aromatic nitrogens is 4. The highest BCUT2D eigenvalue weighted by Gasteiger charge is 2.18. The number of anilines is 1. The Bertz CT molecular complexity index is 1250. The van der Waals surface area contributed by atoms with Gasteiger partial charge in [0.25, 0.3) is 0 Å². The van der Waals surface area contributed by atoms with Gasteiger partial charge < -0.3 is 10.1 Å². The van der Waals surface area contributed by atoms with E-state index in [4.69, 9.17) is 4.74 Å². The first-order valence-corrected chi connectivity index (χ1v) is 11.8. The van der Waals surface area contributed by atoms with Gasteiger partial charge >= 0.3 is 0 Å². The largest absolute Gasteiger partial charge is 0.494 e. The van der Waals surface area contributed by atoms with E-state index in [0.29, 0.717) is 22.1 Å². The first-order chi connectivity index (χ1) is 16.0. The number of nitrogens with one attached hydrogen (secondary N) is 1. The lowest BCUT2D eigenvalue weighted by molar-refractivity contribution is -0.113. The molecule has 0 saturated carbocycles. The molecule has 168 valence electrons. The van der Waals surface area contributed by atoms with E-state index in [1.165, 1.54) is 23.9 Å². The fraction of sp³-hybridized carbons (Fsp3) is 0.130. The average Bonchev–Trinajstić information content (AvgIpc) is 3.25. The fourth-order valence-electron chi connectivity index (χ4n) is 3.05. The summed E-state index contributed by atoms with van der Waals surface area (Å²) in [6.45, 7) is 2.50. The van der Waals surface area contributed by atoms with Gasteiger partial charge in [0.2, 0.25) is 5.91 Å². The van der Waals surface area contributed by atoms with Crippen molar-refractivity contribution in [2.75, 3.05) is 17.7 Å². The van der Waals surface area contributed by atoms with Gasteiger partial charge in [-0.25, -0.2) is 4.39 Å². The third kappa shape index (κ3) is 5.58. The summed E-state index contributed by atoms with van der Waals surface area (Å²) in [4.78, 5) is 16.5. The van der Waals surface area contributed by atoms with Crippen LogP contribution < -0.4 is 10.1 Å². The molecule has 0 radical (unpaired) electrons. The van der Waals surface area contributed by atoms with Crippen LogP contribution in [0.1, 0.15) is 6.92 Å². The second-order valence-electron chi connectivity index (χ2n) is 6.77. The number of halogens is 2. The maximum Gasteiger partial charge on any atom is 0.234 e. The lowest BCUT2D eigenvalue weighted by atomic mass is 10.2. The molecular weight excluding hydrogens is 509 g/mol. The molecule has 7 nitrogen and oxygen atoms in total. The maximum atomic E-state index is 14.0. The van der Waals surface area contributed by atoms with Crippen LogP contribution in [0.25, 0.3) is 17.1 Å². The van der Waals surface area contributed by atoms with Crippen LogP contribution in [-0.2, 0) is 4.79 Å². The van der Waals surface area contributed by atoms with Crippen LogP contribution >= 0.6 is 27.7 Å². The number of rotatable bonds is 8. The van der Waals surface area contributed by atoms with Crippen molar-refractivity contribution in [3.05, 3.63) is 77.3 Å². The number of hydrogen-bond donors (Lipinski definition) is 1. The molecular formula is C23H19BrFN5O2S. The number of hydrogen-bond acceptors (Lipinski definition) is 6. The smallest absolute Gasteiger partial charge is 0.234 e. The zero-order valence-corrected chi connectivity index (χ0v) is 19.9. The molecule has 0 aliphatic rings. The van der Waals surface area contributed by atoms with Crippen LogP contribution in [0.3, 0.4) is 0 Å². The van der Waals surface area contributed by atoms with Gasteiger partial charge in [-0.3, -0.25) is 14.3 Å². The highest BCUT2D eigenvalue weighted by Crippen LogP contribution is 2.29. The van der Waals surface area contributed by atoms with Crippen molar-refractivity contribution in [2.45, 2.75) is 12.1 Å². The molecule has 0 bridgehead atoms. The van der Waals surface area contributed by atoms with Crippen LogP contribution in [0.5, 0.6) is 5.75 Å². The van der Waals surface area contributed by atoms with E-state index in [1.54, 1.807) is 18.5 Å². The molecule has 2 heterocycles. The van der Waals surface area contributed by atoms with Crippen molar-refractivity contribution in [1.82, 2.24) is 19.7 Å². The second kappa shape index (κ2) is 10.6. The molecule has 0 atom stereocenters. The number of amides is 1. The zero-order valence-electron chi connectivity index (χ0n) is 17.5. The van der Waals surface area contributed by atoms with Gasteiger partial charge in [-0.1, -0.05) is 27.7 Å². The summed E-state index contributed by atoms with van der Waals surface area (Å²) in [6.07, 6.45) is 3.36. The number of benzene rings is 2. The molecule has 0 spiro atoms. The third-order valence-electron chi connectivity index (χ3n) is 4.52. The minimum Gasteiger partial charge on any atom is -0.494 e. The Morgan fingerprint density at radius 2 is 1.88 bits per heavy atom. The number of ether oxygens (including phenoxy) is 1. The van der Waals surface area contributed by atoms with Crippen LogP contribution in [0, 0.1) is 5.82 Å². The average molecular weight is 528 g/mol. The molecule has 4 rings (SSSR count). The van der Waals surface area contributed by atoms with Gasteiger partial charge in [0, 0.05) is 28.1 Å². The van der Waals surface area contributed by atoms with Crippen molar-refractivity contribution in [3.8, 4) is 22.8 Å². The summed E-state index contributed by atoms with van der Waals surface area (Å²) in [6, 6.07) is 15.7. The van der Waals surface area contributed by atoms with Crippen molar-refractivity contribution >= 4 is 39.3 Å². The summed E-state index contributed by atoms with van der Waals surface area (Å²) >= 11 is 4.41. The molecule has 0 unspecified atom stereocenters. The summed E-state index contributed by atoms with van der Waals surface area (Å²) in [5, 5.41) is 11.8. The monoisotopic (exact) mass is 527 g/mol. The minimum atomic E-state index is -0.514. The minimum absolute atomic E-state index is 0.0288. The summed E-state index contributed by atoms with van der Waals surface area (Å²) < 4.78 is 22.0. The van der Waals surface area contributed by atoms with Gasteiger partial charge in [0.05, 0.1) is 18.0 Å². The standard InChI is InChI=1S/C23H19BrFN5O2S/c1-2-32-18-6-4-17(5-7-18)30-22(15-9-11-26-12-10-15)28-29-23(30)33-14-21(31)27-20-8-3-16(24)13-19(20)25/h3-13H,2,14H2,1H3,(H,27,31). The number of thioether (sulfide) groups is 1. The first-order valence-electron chi connectivity index (χ1n) is 10.0. The Labute approximate surface area is 202 Å². The molecule has 1 amide bonds. The van der Waals surface area contributed by atoms with E-state index in [9.17, 15) is 9.18 Å². The van der Waals surface area contributed by atoms with E-state index in [1.807, 2.05) is 47.9 Å². The summed E-state index contributed by atoms with van der Waals surface area (Å²) in [5.41, 5.74) is 1.77. The molecule has 0 fully saturated rings. The Hall–Kier alpha value is -3.24. The molecule has 0 aliphatic carbocycles. The van der Waals surface area contributed by atoms with Gasteiger partial charge in [-0.2, -0.15) is 0 Å². The molecule has 1 N–H and O–H groups in total. The van der Waals surface area contributed by atoms with Crippen molar-refractivity contribution in [1.29, 1.82) is 0 Å². The first kappa shape index (κ1) is 22.9. The summed E-state index contributed by atoms with van der Waals surface area (Å²) in [5.74, 6) is 0.530. The SMILES string of the molecule is CCOc1ccc(-n2c(SCC(=O)Nc3ccc(Br)cc3F)nnc2-c2ccncc2)cc1. The third-order valence-corrected chi connectivity index (χ3v) is 5.94. The van der Waals surface area contributed by atoms with E-state index >= 15 is 0 Å². The van der Waals surface area contributed by atoms with Crippen molar-refractivity contribution in [3.63, 3.8) is 0 Å². The van der Waals surface area contributed by atoms with E-state index in [0.717, 1.165) is 17.0 Å². The highest BCUT2D eigenvalue weighted by molar-refractivity contribution is 9.10. The van der Waals surface area contributed by atoms with Gasteiger partial charge in [-0.15, -0.1) is 10.2 Å². The van der Waals surface area contributed by atoms with Gasteiger partial charge in [0.1, 0.15) is 11.6 Å². The van der Waals surface area contributed by atoms with E-state index in [2.05, 4.69) is 36.4 Å². The Morgan fingerprint density at radius 1 is 1.12 bits per heavy atom. The molecule has 2 aromatic carbocycles. The number of carbonyl (C=O) groups is 1.